The van der Waals surface area contributed by atoms with E-state index in [0.29, 0.717) is 21.3 Å². The van der Waals surface area contributed by atoms with Gasteiger partial charge < -0.3 is 15.0 Å². The second-order valence-corrected chi connectivity index (χ2v) is 9.66. The fourth-order valence-corrected chi connectivity index (χ4v) is 6.22. The molecule has 3 rings (SSSR count). The quantitative estimate of drug-likeness (QED) is 0.391. The van der Waals surface area contributed by atoms with E-state index in [1.54, 1.807) is 6.92 Å². The molecule has 0 aliphatic heterocycles. The van der Waals surface area contributed by atoms with Crippen LogP contribution in [-0.2, 0) is 15.6 Å². The number of aromatic nitrogens is 1. The average molecular weight is 475 g/mol. The first-order chi connectivity index (χ1) is 13.8. The molecular formula is C21H23BrN4O4. The number of methoxy groups -OCH3 is 1. The van der Waals surface area contributed by atoms with Gasteiger partial charge in [0, 0.05) is 16.2 Å². The first kappa shape index (κ1) is 21.8. The minimum atomic E-state index is -0.733. The Morgan fingerprint density at radius 3 is 2.40 bits per heavy atom. The van der Waals surface area contributed by atoms with Crippen LogP contribution >= 0.6 is 15.9 Å². The van der Waals surface area contributed by atoms with Gasteiger partial charge in [-0.3, -0.25) is 10.1 Å². The van der Waals surface area contributed by atoms with Gasteiger partial charge in [-0.05, 0) is 45.7 Å². The van der Waals surface area contributed by atoms with Crippen molar-refractivity contribution in [3.05, 3.63) is 48.7 Å². The van der Waals surface area contributed by atoms with Crippen molar-refractivity contribution in [1.29, 1.82) is 5.26 Å². The molecule has 2 aromatic rings. The van der Waals surface area contributed by atoms with Crippen LogP contribution < -0.4 is 5.73 Å². The van der Waals surface area contributed by atoms with Gasteiger partial charge in [-0.2, -0.15) is 5.26 Å². The number of esters is 1. The van der Waals surface area contributed by atoms with E-state index in [-0.39, 0.29) is 33.0 Å². The van der Waals surface area contributed by atoms with Crippen molar-refractivity contribution in [2.45, 2.75) is 51.9 Å². The third-order valence-corrected chi connectivity index (χ3v) is 6.60. The Balaban J connectivity index is 2.56. The number of carbonyl (C=O) groups is 1. The highest BCUT2D eigenvalue weighted by Crippen LogP contribution is 2.57. The summed E-state index contributed by atoms with van der Waals surface area (Å²) in [6, 6.07) is 1.96. The van der Waals surface area contributed by atoms with Crippen molar-refractivity contribution in [2.75, 3.05) is 12.8 Å². The number of hydrogen-bond acceptors (Lipinski definition) is 6. The molecule has 0 radical (unpaired) electrons. The molecule has 0 saturated carbocycles. The topological polar surface area (TPSA) is 124 Å². The first-order valence-corrected chi connectivity index (χ1v) is 10.1. The maximum absolute atomic E-state index is 12.5. The summed E-state index contributed by atoms with van der Waals surface area (Å²) in [7, 11) is 1.21. The molecule has 158 valence electrons. The van der Waals surface area contributed by atoms with Crippen LogP contribution in [0.25, 0.3) is 5.69 Å². The lowest BCUT2D eigenvalue weighted by Gasteiger charge is -2.24. The molecule has 0 amide bonds. The molecule has 2 N–H and O–H groups in total. The lowest BCUT2D eigenvalue weighted by Crippen LogP contribution is -2.18. The molecule has 1 aromatic heterocycles. The van der Waals surface area contributed by atoms with E-state index in [1.165, 1.54) is 17.9 Å². The highest BCUT2D eigenvalue weighted by Gasteiger charge is 2.49. The molecule has 1 heterocycles. The average Bonchev–Trinajstić information content (AvgIpc) is 3.04. The molecule has 1 aliphatic carbocycles. The van der Waals surface area contributed by atoms with E-state index >= 15 is 0 Å². The van der Waals surface area contributed by atoms with Crippen LogP contribution in [0.2, 0.25) is 0 Å². The Labute approximate surface area is 182 Å². The lowest BCUT2D eigenvalue weighted by molar-refractivity contribution is -0.386. The Morgan fingerprint density at radius 1 is 1.33 bits per heavy atom. The van der Waals surface area contributed by atoms with Crippen LogP contribution in [0.1, 0.15) is 66.9 Å². The Kier molecular flexibility index (Phi) is 4.98. The Bertz CT molecular complexity index is 1160. The van der Waals surface area contributed by atoms with E-state index < -0.39 is 11.4 Å². The molecule has 0 bridgehead atoms. The van der Waals surface area contributed by atoms with Gasteiger partial charge in [0.25, 0.3) is 5.69 Å². The van der Waals surface area contributed by atoms with Crippen molar-refractivity contribution in [3.63, 3.8) is 0 Å². The number of nitro benzene ring substituents is 1. The van der Waals surface area contributed by atoms with Crippen molar-refractivity contribution < 1.29 is 14.5 Å². The largest absolute Gasteiger partial charge is 0.464 e. The number of hydrogen-bond donors (Lipinski definition) is 1. The van der Waals surface area contributed by atoms with Gasteiger partial charge in [-0.25, -0.2) is 4.79 Å². The number of rotatable bonds is 3. The number of fused-ring (bicyclic) bond motifs is 1. The molecule has 8 nitrogen and oxygen atoms in total. The molecule has 0 atom stereocenters. The molecule has 30 heavy (non-hydrogen) atoms. The molecule has 1 aliphatic rings. The molecule has 0 fully saturated rings. The first-order valence-electron chi connectivity index (χ1n) is 9.31. The SMILES string of the molecule is COC(=O)c1c(N)c(C#N)cn1-c1c(C)c([N+](=O)[O-])c2c(c1Br)C(C)(C)CC2(C)C. The van der Waals surface area contributed by atoms with Gasteiger partial charge in [0.2, 0.25) is 0 Å². The number of nitriles is 1. The van der Waals surface area contributed by atoms with E-state index in [2.05, 4.69) is 15.9 Å². The maximum Gasteiger partial charge on any atom is 0.357 e. The van der Waals surface area contributed by atoms with Crippen molar-refractivity contribution in [1.82, 2.24) is 4.57 Å². The zero-order valence-corrected chi connectivity index (χ0v) is 19.3. The number of halogens is 1. The van der Waals surface area contributed by atoms with Gasteiger partial charge in [0.15, 0.2) is 5.69 Å². The van der Waals surface area contributed by atoms with Gasteiger partial charge >= 0.3 is 5.97 Å². The third kappa shape index (κ3) is 2.89. The number of nitrogens with two attached hydrogens (primary N) is 1. The summed E-state index contributed by atoms with van der Waals surface area (Å²) in [5, 5.41) is 21.6. The predicted molar refractivity (Wildman–Crippen MR) is 116 cm³/mol. The molecule has 0 saturated heterocycles. The van der Waals surface area contributed by atoms with Crippen LogP contribution in [0.15, 0.2) is 10.7 Å². The van der Waals surface area contributed by atoms with Crippen molar-refractivity contribution in [3.8, 4) is 11.8 Å². The molecule has 0 unspecified atom stereocenters. The van der Waals surface area contributed by atoms with Gasteiger partial charge in [-0.15, -0.1) is 0 Å². The summed E-state index contributed by atoms with van der Waals surface area (Å²) in [4.78, 5) is 24.3. The zero-order chi connectivity index (χ0) is 22.8. The minimum Gasteiger partial charge on any atom is -0.464 e. The second-order valence-electron chi connectivity index (χ2n) is 8.87. The third-order valence-electron chi connectivity index (χ3n) is 5.83. The highest BCUT2D eigenvalue weighted by atomic mass is 79.9. The fraction of sp³-hybridized carbons (Fsp3) is 0.429. The summed E-state index contributed by atoms with van der Waals surface area (Å²) in [6.07, 6.45) is 2.14. The smallest absolute Gasteiger partial charge is 0.357 e. The number of anilines is 1. The molecule has 0 spiro atoms. The number of benzene rings is 1. The Morgan fingerprint density at radius 2 is 1.90 bits per heavy atom. The summed E-state index contributed by atoms with van der Waals surface area (Å²) < 4.78 is 6.93. The van der Waals surface area contributed by atoms with Gasteiger partial charge in [0.1, 0.15) is 6.07 Å². The van der Waals surface area contributed by atoms with Gasteiger partial charge in [0.05, 0.1) is 34.5 Å². The summed E-state index contributed by atoms with van der Waals surface area (Å²) in [6.45, 7) is 9.73. The lowest BCUT2D eigenvalue weighted by atomic mass is 9.81. The summed E-state index contributed by atoms with van der Waals surface area (Å²) >= 11 is 3.67. The number of nitrogen functional groups attached to an aromatic ring is 1. The van der Waals surface area contributed by atoms with Crippen LogP contribution in [0.3, 0.4) is 0 Å². The van der Waals surface area contributed by atoms with E-state index in [4.69, 9.17) is 10.5 Å². The fourth-order valence-electron chi connectivity index (χ4n) is 4.99. The van der Waals surface area contributed by atoms with E-state index in [1.807, 2.05) is 33.8 Å². The number of nitro groups is 1. The number of carbonyl (C=O) groups excluding carboxylic acids is 1. The van der Waals surface area contributed by atoms with Crippen LogP contribution in [-0.4, -0.2) is 22.6 Å². The van der Waals surface area contributed by atoms with Gasteiger partial charge in [-0.1, -0.05) is 27.7 Å². The Hall–Kier alpha value is -2.86. The zero-order valence-electron chi connectivity index (χ0n) is 17.7. The molecular weight excluding hydrogens is 452 g/mol. The van der Waals surface area contributed by atoms with Crippen LogP contribution in [0.5, 0.6) is 0 Å². The van der Waals surface area contributed by atoms with E-state index in [0.717, 1.165) is 12.0 Å². The van der Waals surface area contributed by atoms with Crippen LogP contribution in [0, 0.1) is 28.4 Å². The predicted octanol–water partition coefficient (Wildman–Crippen LogP) is 4.66. The second kappa shape index (κ2) is 6.84. The summed E-state index contributed by atoms with van der Waals surface area (Å²) in [5.41, 5.74) is 7.60. The number of ether oxygens (including phenoxy) is 1. The highest BCUT2D eigenvalue weighted by molar-refractivity contribution is 9.10. The standard InChI is InChI=1S/C21H23BrN4O4/c1-10-16(26(28)29)13-12(20(2,3)9-21(13,4)5)14(22)17(10)25-8-11(7-23)15(24)18(25)19(27)30-6/h8H,9,24H2,1-6H3. The molecule has 1 aromatic carbocycles. The minimum absolute atomic E-state index is 0.0142. The normalized spacial score (nSPS) is 16.1. The summed E-state index contributed by atoms with van der Waals surface area (Å²) in [5.74, 6) is -0.733. The van der Waals surface area contributed by atoms with Crippen LogP contribution in [0.4, 0.5) is 11.4 Å². The van der Waals surface area contributed by atoms with Crippen molar-refractivity contribution >= 4 is 33.3 Å². The number of nitrogens with zero attached hydrogens (tertiary/aromatic N) is 3. The van der Waals surface area contributed by atoms with Crippen molar-refractivity contribution in [2.24, 2.45) is 0 Å². The maximum atomic E-state index is 12.5. The van der Waals surface area contributed by atoms with E-state index in [9.17, 15) is 20.2 Å². The monoisotopic (exact) mass is 474 g/mol. The molecule has 9 heteroatoms.